The highest BCUT2D eigenvalue weighted by Crippen LogP contribution is 2.21. The fraction of sp³-hybridized carbons (Fsp3) is 0.364. The van der Waals surface area contributed by atoms with Crippen molar-refractivity contribution < 1.29 is 0 Å². The average molecular weight is 211 g/mol. The number of fused-ring (bicyclic) bond motifs is 1. The Labute approximate surface area is 89.3 Å². The Bertz CT molecular complexity index is 393. The molecule has 0 bridgehead atoms. The fourth-order valence-corrected chi connectivity index (χ4v) is 1.43. The quantitative estimate of drug-likeness (QED) is 0.703. The summed E-state index contributed by atoms with van der Waals surface area (Å²) in [4.78, 5) is 7.43. The second-order valence-electron chi connectivity index (χ2n) is 2.94. The number of hydrogen-bond donors (Lipinski definition) is 1. The maximum Gasteiger partial charge on any atom is 0.104 e. The van der Waals surface area contributed by atoms with Gasteiger partial charge < -0.3 is 4.98 Å². The normalized spacial score (nSPS) is 9.79. The van der Waals surface area contributed by atoms with Crippen LogP contribution < -0.4 is 0 Å². The summed E-state index contributed by atoms with van der Waals surface area (Å²) >= 11 is 5.94. The number of imidazole rings is 1. The van der Waals surface area contributed by atoms with Crippen molar-refractivity contribution in [1.82, 2.24) is 9.97 Å². The highest BCUT2D eigenvalue weighted by atomic mass is 35.5. The van der Waals surface area contributed by atoms with Gasteiger partial charge in [0.2, 0.25) is 0 Å². The molecule has 2 rings (SSSR count). The lowest BCUT2D eigenvalue weighted by Gasteiger charge is -1.95. The van der Waals surface area contributed by atoms with Crippen molar-refractivity contribution in [2.24, 2.45) is 0 Å². The molecular weight excluding hydrogens is 196 g/mol. The third-order valence-electron chi connectivity index (χ3n) is 1.88. The van der Waals surface area contributed by atoms with Crippen LogP contribution in [0.2, 0.25) is 5.02 Å². The fourth-order valence-electron chi connectivity index (χ4n) is 1.27. The van der Waals surface area contributed by atoms with E-state index in [0.29, 0.717) is 0 Å². The molecule has 1 aromatic carbocycles. The summed E-state index contributed by atoms with van der Waals surface area (Å²) in [5, 5.41) is 0.772. The van der Waals surface area contributed by atoms with Crippen LogP contribution in [-0.2, 0) is 0 Å². The van der Waals surface area contributed by atoms with E-state index in [1.165, 1.54) is 0 Å². The van der Waals surface area contributed by atoms with Gasteiger partial charge in [0.1, 0.15) is 5.82 Å². The number of aromatic amines is 1. The van der Waals surface area contributed by atoms with Crippen LogP contribution >= 0.6 is 11.6 Å². The van der Waals surface area contributed by atoms with Gasteiger partial charge in [-0.3, -0.25) is 0 Å². The second-order valence-corrected chi connectivity index (χ2v) is 3.35. The number of nitrogens with zero attached hydrogens (tertiary/aromatic N) is 1. The van der Waals surface area contributed by atoms with Gasteiger partial charge in [-0.1, -0.05) is 25.4 Å². The zero-order valence-electron chi connectivity index (χ0n) is 8.98. The van der Waals surface area contributed by atoms with Gasteiger partial charge >= 0.3 is 0 Å². The number of benzene rings is 1. The Morgan fingerprint density at radius 3 is 2.50 bits per heavy atom. The van der Waals surface area contributed by atoms with Crippen LogP contribution in [0.25, 0.3) is 11.0 Å². The van der Waals surface area contributed by atoms with Gasteiger partial charge in [-0.15, -0.1) is 0 Å². The minimum atomic E-state index is 0.772. The van der Waals surface area contributed by atoms with Crippen LogP contribution in [0.3, 0.4) is 0 Å². The lowest BCUT2D eigenvalue weighted by atomic mass is 10.2. The van der Waals surface area contributed by atoms with E-state index >= 15 is 0 Å². The Balaban J connectivity index is 0.000000461. The van der Waals surface area contributed by atoms with Crippen LogP contribution in [0.1, 0.15) is 25.2 Å². The molecule has 0 atom stereocenters. The topological polar surface area (TPSA) is 28.7 Å². The molecule has 1 aromatic heterocycles. The van der Waals surface area contributed by atoms with Crippen LogP contribution in [0.15, 0.2) is 12.1 Å². The molecule has 2 aromatic rings. The molecule has 0 saturated carbocycles. The maximum absolute atomic E-state index is 5.94. The molecule has 1 heterocycles. The molecule has 0 radical (unpaired) electrons. The van der Waals surface area contributed by atoms with E-state index in [1.54, 1.807) is 0 Å². The lowest BCUT2D eigenvalue weighted by Crippen LogP contribution is -1.75. The number of hydrogen-bond acceptors (Lipinski definition) is 1. The van der Waals surface area contributed by atoms with E-state index in [2.05, 4.69) is 9.97 Å². The zero-order chi connectivity index (χ0) is 10.7. The molecule has 2 nitrogen and oxygen atoms in total. The number of halogens is 1. The Hall–Kier alpha value is -1.02. The SMILES string of the molecule is CC.Cc1nc2cc(Cl)c(C)cc2[nH]1. The monoisotopic (exact) mass is 210 g/mol. The van der Waals surface area contributed by atoms with E-state index in [4.69, 9.17) is 11.6 Å². The predicted octanol–water partition coefficient (Wildman–Crippen LogP) is 3.86. The number of aromatic nitrogens is 2. The Morgan fingerprint density at radius 1 is 1.21 bits per heavy atom. The van der Waals surface area contributed by atoms with Crippen LogP contribution in [0, 0.1) is 13.8 Å². The molecular formula is C11H15ClN2. The lowest BCUT2D eigenvalue weighted by molar-refractivity contribution is 1.17. The minimum absolute atomic E-state index is 0.772. The van der Waals surface area contributed by atoms with Crippen molar-refractivity contribution in [2.45, 2.75) is 27.7 Å². The van der Waals surface area contributed by atoms with E-state index < -0.39 is 0 Å². The Morgan fingerprint density at radius 2 is 1.86 bits per heavy atom. The number of H-pyrrole nitrogens is 1. The van der Waals surface area contributed by atoms with Gasteiger partial charge in [-0.05, 0) is 31.5 Å². The summed E-state index contributed by atoms with van der Waals surface area (Å²) in [7, 11) is 0. The molecule has 0 aliphatic rings. The van der Waals surface area contributed by atoms with Gasteiger partial charge in [-0.2, -0.15) is 0 Å². The molecule has 0 aliphatic carbocycles. The van der Waals surface area contributed by atoms with Gasteiger partial charge in [0, 0.05) is 5.02 Å². The molecule has 76 valence electrons. The minimum Gasteiger partial charge on any atom is -0.342 e. The zero-order valence-corrected chi connectivity index (χ0v) is 9.74. The van der Waals surface area contributed by atoms with Crippen molar-refractivity contribution in [3.63, 3.8) is 0 Å². The third kappa shape index (κ3) is 2.07. The number of rotatable bonds is 0. The molecule has 0 unspecified atom stereocenters. The van der Waals surface area contributed by atoms with Gasteiger partial charge in [-0.25, -0.2) is 4.98 Å². The first-order chi connectivity index (χ1) is 6.66. The highest BCUT2D eigenvalue weighted by molar-refractivity contribution is 6.32. The van der Waals surface area contributed by atoms with E-state index in [0.717, 1.165) is 27.4 Å². The smallest absolute Gasteiger partial charge is 0.104 e. The highest BCUT2D eigenvalue weighted by Gasteiger charge is 2.02. The average Bonchev–Trinajstić information content (AvgIpc) is 2.49. The summed E-state index contributed by atoms with van der Waals surface area (Å²) in [6.07, 6.45) is 0. The van der Waals surface area contributed by atoms with Crippen LogP contribution in [0.5, 0.6) is 0 Å². The molecule has 14 heavy (non-hydrogen) atoms. The summed E-state index contributed by atoms with van der Waals surface area (Å²) in [5.41, 5.74) is 3.06. The molecule has 0 aliphatic heterocycles. The summed E-state index contributed by atoms with van der Waals surface area (Å²) in [5.74, 6) is 0.923. The van der Waals surface area contributed by atoms with Gasteiger partial charge in [0.15, 0.2) is 0 Å². The Kier molecular flexibility index (Phi) is 3.53. The summed E-state index contributed by atoms with van der Waals surface area (Å²) in [6, 6.07) is 3.90. The first kappa shape index (κ1) is 11.1. The van der Waals surface area contributed by atoms with E-state index in [-0.39, 0.29) is 0 Å². The predicted molar refractivity (Wildman–Crippen MR) is 61.9 cm³/mol. The second kappa shape index (κ2) is 4.47. The van der Waals surface area contributed by atoms with E-state index in [9.17, 15) is 0 Å². The third-order valence-corrected chi connectivity index (χ3v) is 2.29. The van der Waals surface area contributed by atoms with E-state index in [1.807, 2.05) is 39.8 Å². The molecule has 0 amide bonds. The summed E-state index contributed by atoms with van der Waals surface area (Å²) < 4.78 is 0. The van der Waals surface area contributed by atoms with Crippen molar-refractivity contribution in [3.05, 3.63) is 28.5 Å². The van der Waals surface area contributed by atoms with Crippen molar-refractivity contribution in [3.8, 4) is 0 Å². The first-order valence-electron chi connectivity index (χ1n) is 4.79. The van der Waals surface area contributed by atoms with Crippen LogP contribution in [-0.4, -0.2) is 9.97 Å². The molecule has 1 N–H and O–H groups in total. The maximum atomic E-state index is 5.94. The standard InChI is InChI=1S/C9H9ClN2.C2H6/c1-5-3-8-9(4-7(5)10)12-6(2)11-8;1-2/h3-4H,1-2H3,(H,11,12);1-2H3. The molecule has 3 heteroatoms. The van der Waals surface area contributed by atoms with Crippen molar-refractivity contribution in [1.29, 1.82) is 0 Å². The number of nitrogens with one attached hydrogen (secondary N) is 1. The molecule has 0 saturated heterocycles. The molecule has 0 spiro atoms. The first-order valence-corrected chi connectivity index (χ1v) is 5.17. The number of aryl methyl sites for hydroxylation is 2. The van der Waals surface area contributed by atoms with Crippen molar-refractivity contribution in [2.75, 3.05) is 0 Å². The van der Waals surface area contributed by atoms with Crippen molar-refractivity contribution >= 4 is 22.6 Å². The van der Waals surface area contributed by atoms with Gasteiger partial charge in [0.25, 0.3) is 0 Å². The van der Waals surface area contributed by atoms with Crippen LogP contribution in [0.4, 0.5) is 0 Å². The summed E-state index contributed by atoms with van der Waals surface area (Å²) in [6.45, 7) is 7.92. The largest absolute Gasteiger partial charge is 0.342 e. The molecule has 0 fully saturated rings. The van der Waals surface area contributed by atoms with Gasteiger partial charge in [0.05, 0.1) is 11.0 Å².